The Morgan fingerprint density at radius 2 is 2.11 bits per heavy atom. The highest BCUT2D eigenvalue weighted by Crippen LogP contribution is 2.22. The van der Waals surface area contributed by atoms with E-state index in [0.717, 1.165) is 0 Å². The monoisotopic (exact) mass is 292 g/mol. The Labute approximate surface area is 110 Å². The van der Waals surface area contributed by atoms with Crippen LogP contribution in [0.5, 0.6) is 0 Å². The molecule has 100 valence electrons. The molecule has 1 aromatic rings. The summed E-state index contributed by atoms with van der Waals surface area (Å²) in [6.07, 6.45) is 0.350. The lowest BCUT2D eigenvalue weighted by atomic mass is 10.2. The average molecular weight is 293 g/mol. The van der Waals surface area contributed by atoms with Gasteiger partial charge < -0.3 is 0 Å². The van der Waals surface area contributed by atoms with Crippen molar-refractivity contribution in [3.8, 4) is 0 Å². The quantitative estimate of drug-likeness (QED) is 0.495. The third-order valence-corrected chi connectivity index (χ3v) is 3.86. The first-order valence-electron chi connectivity index (χ1n) is 5.17. The molecule has 0 aliphatic rings. The number of aryl methyl sites for hydroxylation is 1. The van der Waals surface area contributed by atoms with Crippen molar-refractivity contribution in [2.24, 2.45) is 0 Å². The maximum atomic E-state index is 11.6. The summed E-state index contributed by atoms with van der Waals surface area (Å²) in [5.74, 6) is 0.188. The molecule has 0 saturated heterocycles. The van der Waals surface area contributed by atoms with E-state index in [1.54, 1.807) is 6.92 Å². The first-order chi connectivity index (χ1) is 8.35. The van der Waals surface area contributed by atoms with Gasteiger partial charge in [-0.1, -0.05) is 0 Å². The molecular weight excluding hydrogens is 280 g/mol. The van der Waals surface area contributed by atoms with Crippen molar-refractivity contribution in [2.75, 3.05) is 16.4 Å². The number of sulfonamides is 1. The highest BCUT2D eigenvalue weighted by atomic mass is 35.5. The molecule has 1 rings (SSSR count). The van der Waals surface area contributed by atoms with Crippen LogP contribution < -0.4 is 4.72 Å². The number of nitro benzene ring substituents is 1. The van der Waals surface area contributed by atoms with Crippen LogP contribution in [0.4, 0.5) is 11.4 Å². The topological polar surface area (TPSA) is 89.3 Å². The van der Waals surface area contributed by atoms with Gasteiger partial charge in [0.1, 0.15) is 0 Å². The highest BCUT2D eigenvalue weighted by Gasteiger charge is 2.13. The van der Waals surface area contributed by atoms with E-state index < -0.39 is 14.9 Å². The van der Waals surface area contributed by atoms with Gasteiger partial charge in [0.15, 0.2) is 0 Å². The van der Waals surface area contributed by atoms with E-state index in [1.165, 1.54) is 18.2 Å². The van der Waals surface area contributed by atoms with Crippen molar-refractivity contribution in [1.29, 1.82) is 0 Å². The van der Waals surface area contributed by atoms with Crippen LogP contribution in [0.2, 0.25) is 0 Å². The van der Waals surface area contributed by atoms with Crippen molar-refractivity contribution in [3.05, 3.63) is 33.9 Å². The van der Waals surface area contributed by atoms with Crippen LogP contribution in [0.1, 0.15) is 12.0 Å². The number of hydrogen-bond donors (Lipinski definition) is 1. The van der Waals surface area contributed by atoms with Crippen molar-refractivity contribution in [1.82, 2.24) is 0 Å². The van der Waals surface area contributed by atoms with Gasteiger partial charge in [-0.25, -0.2) is 8.42 Å². The Bertz CT molecular complexity index is 545. The van der Waals surface area contributed by atoms with Gasteiger partial charge >= 0.3 is 0 Å². The third kappa shape index (κ3) is 4.15. The van der Waals surface area contributed by atoms with Crippen LogP contribution in [0.25, 0.3) is 0 Å². The van der Waals surface area contributed by atoms with Gasteiger partial charge in [0.05, 0.1) is 16.4 Å². The molecule has 0 amide bonds. The maximum Gasteiger partial charge on any atom is 0.269 e. The minimum atomic E-state index is -3.46. The number of nitro groups is 1. The maximum absolute atomic E-state index is 11.6. The Hall–Kier alpha value is -1.34. The highest BCUT2D eigenvalue weighted by molar-refractivity contribution is 7.92. The Kier molecular flexibility index (Phi) is 4.92. The lowest BCUT2D eigenvalue weighted by molar-refractivity contribution is -0.384. The fourth-order valence-corrected chi connectivity index (χ4v) is 2.82. The van der Waals surface area contributed by atoms with Crippen molar-refractivity contribution in [2.45, 2.75) is 13.3 Å². The predicted molar refractivity (Wildman–Crippen MR) is 70.6 cm³/mol. The largest absolute Gasteiger partial charge is 0.283 e. The number of non-ortho nitro benzene ring substituents is 1. The Morgan fingerprint density at radius 1 is 1.44 bits per heavy atom. The van der Waals surface area contributed by atoms with Crippen LogP contribution in [-0.4, -0.2) is 25.0 Å². The number of alkyl halides is 1. The number of hydrogen-bond acceptors (Lipinski definition) is 4. The normalized spacial score (nSPS) is 11.2. The van der Waals surface area contributed by atoms with Gasteiger partial charge in [0.2, 0.25) is 10.0 Å². The second-order valence-electron chi connectivity index (χ2n) is 3.72. The van der Waals surface area contributed by atoms with E-state index in [2.05, 4.69) is 4.72 Å². The molecular formula is C10H13ClN2O4S. The van der Waals surface area contributed by atoms with E-state index in [9.17, 15) is 18.5 Å². The molecule has 0 spiro atoms. The summed E-state index contributed by atoms with van der Waals surface area (Å²) in [5, 5.41) is 10.5. The lowest BCUT2D eigenvalue weighted by Crippen LogP contribution is -2.17. The Morgan fingerprint density at radius 3 is 2.61 bits per heavy atom. The number of benzene rings is 1. The van der Waals surface area contributed by atoms with Gasteiger partial charge in [-0.2, -0.15) is 0 Å². The second kappa shape index (κ2) is 6.01. The molecule has 6 nitrogen and oxygen atoms in total. The molecule has 8 heteroatoms. The van der Waals surface area contributed by atoms with Gasteiger partial charge in [-0.05, 0) is 25.0 Å². The smallest absolute Gasteiger partial charge is 0.269 e. The summed E-state index contributed by atoms with van der Waals surface area (Å²) in [4.78, 5) is 10.0. The van der Waals surface area contributed by atoms with E-state index in [4.69, 9.17) is 11.6 Å². The van der Waals surface area contributed by atoms with Crippen LogP contribution in [0.15, 0.2) is 18.2 Å². The number of rotatable bonds is 6. The molecule has 0 atom stereocenters. The molecule has 0 heterocycles. The molecule has 0 aromatic heterocycles. The van der Waals surface area contributed by atoms with Crippen molar-refractivity contribution < 1.29 is 13.3 Å². The van der Waals surface area contributed by atoms with Gasteiger partial charge in [0, 0.05) is 18.0 Å². The molecule has 0 saturated carbocycles. The summed E-state index contributed by atoms with van der Waals surface area (Å²) in [6, 6.07) is 3.96. The van der Waals surface area contributed by atoms with Crippen LogP contribution in [-0.2, 0) is 10.0 Å². The minimum Gasteiger partial charge on any atom is -0.283 e. The first kappa shape index (κ1) is 14.7. The lowest BCUT2D eigenvalue weighted by Gasteiger charge is -2.09. The van der Waals surface area contributed by atoms with E-state index in [1.807, 2.05) is 0 Å². The van der Waals surface area contributed by atoms with E-state index >= 15 is 0 Å². The summed E-state index contributed by atoms with van der Waals surface area (Å²) < 4.78 is 25.6. The molecule has 1 N–H and O–H groups in total. The summed E-state index contributed by atoms with van der Waals surface area (Å²) in [7, 11) is -3.46. The molecule has 18 heavy (non-hydrogen) atoms. The fraction of sp³-hybridized carbons (Fsp3) is 0.400. The molecule has 1 aromatic carbocycles. The summed E-state index contributed by atoms with van der Waals surface area (Å²) in [6.45, 7) is 1.60. The molecule has 0 aliphatic heterocycles. The second-order valence-corrected chi connectivity index (χ2v) is 5.94. The van der Waals surface area contributed by atoms with Crippen molar-refractivity contribution in [3.63, 3.8) is 0 Å². The van der Waals surface area contributed by atoms with E-state index in [-0.39, 0.29) is 17.3 Å². The molecule has 0 aliphatic carbocycles. The van der Waals surface area contributed by atoms with Crippen LogP contribution >= 0.6 is 11.6 Å². The van der Waals surface area contributed by atoms with Crippen LogP contribution in [0.3, 0.4) is 0 Å². The van der Waals surface area contributed by atoms with E-state index in [0.29, 0.717) is 17.7 Å². The number of anilines is 1. The minimum absolute atomic E-state index is 0.0730. The summed E-state index contributed by atoms with van der Waals surface area (Å²) >= 11 is 5.43. The zero-order chi connectivity index (χ0) is 13.8. The zero-order valence-corrected chi connectivity index (χ0v) is 11.3. The Balaban J connectivity index is 2.89. The standard InChI is InChI=1S/C10H13ClN2O4S/c1-8-7-9(13(14)15)3-4-10(8)12-18(16,17)6-2-5-11/h3-4,7,12H,2,5-6H2,1H3. The SMILES string of the molecule is Cc1cc([N+](=O)[O-])ccc1NS(=O)(=O)CCCCl. The third-order valence-electron chi connectivity index (χ3n) is 2.23. The van der Waals surface area contributed by atoms with Crippen molar-refractivity contribution >= 4 is 33.0 Å². The zero-order valence-electron chi connectivity index (χ0n) is 9.72. The van der Waals surface area contributed by atoms with Crippen LogP contribution in [0, 0.1) is 17.0 Å². The number of nitrogens with one attached hydrogen (secondary N) is 1. The summed E-state index contributed by atoms with van der Waals surface area (Å²) in [5.41, 5.74) is 0.769. The number of nitrogens with zero attached hydrogens (tertiary/aromatic N) is 1. The first-order valence-corrected chi connectivity index (χ1v) is 7.36. The van der Waals surface area contributed by atoms with Gasteiger partial charge in [-0.15, -0.1) is 11.6 Å². The average Bonchev–Trinajstić information content (AvgIpc) is 2.29. The predicted octanol–water partition coefficient (Wildman–Crippen LogP) is 2.27. The fourth-order valence-electron chi connectivity index (χ4n) is 1.34. The molecule has 0 bridgehead atoms. The van der Waals surface area contributed by atoms with Gasteiger partial charge in [-0.3, -0.25) is 14.8 Å². The molecule has 0 fully saturated rings. The number of halogens is 1. The molecule has 0 radical (unpaired) electrons. The molecule has 0 unspecified atom stereocenters. The van der Waals surface area contributed by atoms with Gasteiger partial charge in [0.25, 0.3) is 5.69 Å².